The van der Waals surface area contributed by atoms with Crippen molar-refractivity contribution in [1.82, 2.24) is 29.6 Å². The summed E-state index contributed by atoms with van der Waals surface area (Å²) in [6.45, 7) is 3.08. The molecule has 1 aliphatic heterocycles. The highest BCUT2D eigenvalue weighted by atomic mass is 16.5. The predicted octanol–water partition coefficient (Wildman–Crippen LogP) is -0.279. The molecule has 1 N–H and O–H groups in total. The molecule has 0 amide bonds. The summed E-state index contributed by atoms with van der Waals surface area (Å²) in [5, 5.41) is 7.59. The molecule has 1 fully saturated rings. The largest absolute Gasteiger partial charge is 0.369 e. The number of aryl methyl sites for hydroxylation is 1. The molecule has 1 atom stereocenters. The summed E-state index contributed by atoms with van der Waals surface area (Å²) in [4.78, 5) is 8.42. The van der Waals surface area contributed by atoms with Crippen LogP contribution >= 0.6 is 0 Å². The first-order valence-electron chi connectivity index (χ1n) is 6.00. The maximum atomic E-state index is 5.74. The van der Waals surface area contributed by atoms with E-state index in [2.05, 4.69) is 20.4 Å². The van der Waals surface area contributed by atoms with E-state index in [0.29, 0.717) is 6.54 Å². The van der Waals surface area contributed by atoms with Crippen LogP contribution < -0.4 is 5.32 Å². The lowest BCUT2D eigenvalue weighted by atomic mass is 10.2. The van der Waals surface area contributed by atoms with E-state index in [1.165, 1.54) is 0 Å². The minimum Gasteiger partial charge on any atom is -0.369 e. The number of aromatic nitrogens is 5. The highest BCUT2D eigenvalue weighted by molar-refractivity contribution is 5.06. The zero-order valence-corrected chi connectivity index (χ0v) is 10.3. The van der Waals surface area contributed by atoms with Crippen LogP contribution in [0.3, 0.4) is 0 Å². The molecule has 3 rings (SSSR count). The van der Waals surface area contributed by atoms with Gasteiger partial charge in [0.15, 0.2) is 5.82 Å². The number of nitrogens with zero attached hydrogens (tertiary/aromatic N) is 5. The Hall–Kier alpha value is -1.73. The van der Waals surface area contributed by atoms with Crippen molar-refractivity contribution in [1.29, 1.82) is 0 Å². The SMILES string of the molecule is Cn1cnc(Cn2cncc2C2CNCCO2)n1. The molecule has 96 valence electrons. The quantitative estimate of drug-likeness (QED) is 0.809. The van der Waals surface area contributed by atoms with Crippen molar-refractivity contribution in [3.05, 3.63) is 30.4 Å². The molecule has 2 aromatic rings. The van der Waals surface area contributed by atoms with Gasteiger partial charge in [-0.3, -0.25) is 4.68 Å². The van der Waals surface area contributed by atoms with Gasteiger partial charge in [-0.05, 0) is 0 Å². The van der Waals surface area contributed by atoms with Crippen LogP contribution in [0.25, 0.3) is 0 Å². The molecule has 0 aromatic carbocycles. The van der Waals surface area contributed by atoms with Crippen molar-refractivity contribution in [2.45, 2.75) is 12.6 Å². The fraction of sp³-hybridized carbons (Fsp3) is 0.545. The number of imidazole rings is 1. The second kappa shape index (κ2) is 4.87. The number of hydrogen-bond donors (Lipinski definition) is 1. The van der Waals surface area contributed by atoms with Gasteiger partial charge in [-0.1, -0.05) is 0 Å². The van der Waals surface area contributed by atoms with E-state index in [4.69, 9.17) is 4.74 Å². The maximum Gasteiger partial charge on any atom is 0.170 e. The molecule has 1 saturated heterocycles. The average molecular weight is 248 g/mol. The summed E-state index contributed by atoms with van der Waals surface area (Å²) in [6.07, 6.45) is 5.40. The van der Waals surface area contributed by atoms with Crippen molar-refractivity contribution in [2.75, 3.05) is 19.7 Å². The lowest BCUT2D eigenvalue weighted by Crippen LogP contribution is -2.34. The van der Waals surface area contributed by atoms with E-state index in [-0.39, 0.29) is 6.10 Å². The molecular formula is C11H16N6O. The smallest absolute Gasteiger partial charge is 0.170 e. The zero-order chi connectivity index (χ0) is 12.4. The molecule has 3 heterocycles. The van der Waals surface area contributed by atoms with E-state index in [1.807, 2.05) is 17.8 Å². The maximum absolute atomic E-state index is 5.74. The van der Waals surface area contributed by atoms with E-state index >= 15 is 0 Å². The molecule has 1 aliphatic rings. The van der Waals surface area contributed by atoms with E-state index in [0.717, 1.165) is 31.2 Å². The summed E-state index contributed by atoms with van der Waals surface area (Å²) in [5.41, 5.74) is 1.06. The fourth-order valence-electron chi connectivity index (χ4n) is 2.10. The van der Waals surface area contributed by atoms with Gasteiger partial charge in [0.05, 0.1) is 31.4 Å². The molecule has 0 radical (unpaired) electrons. The highest BCUT2D eigenvalue weighted by Gasteiger charge is 2.19. The Morgan fingerprint density at radius 2 is 2.44 bits per heavy atom. The average Bonchev–Trinajstić information content (AvgIpc) is 3.00. The van der Waals surface area contributed by atoms with Gasteiger partial charge in [-0.25, -0.2) is 9.97 Å². The topological polar surface area (TPSA) is 69.8 Å². The van der Waals surface area contributed by atoms with Crippen molar-refractivity contribution < 1.29 is 4.74 Å². The van der Waals surface area contributed by atoms with Crippen LogP contribution in [0, 0.1) is 0 Å². The fourth-order valence-corrected chi connectivity index (χ4v) is 2.10. The third kappa shape index (κ3) is 2.27. The van der Waals surface area contributed by atoms with Gasteiger partial charge in [-0.2, -0.15) is 5.10 Å². The summed E-state index contributed by atoms with van der Waals surface area (Å²) < 4.78 is 9.47. The molecule has 1 unspecified atom stereocenters. The zero-order valence-electron chi connectivity index (χ0n) is 10.3. The summed E-state index contributed by atoms with van der Waals surface area (Å²) >= 11 is 0. The van der Waals surface area contributed by atoms with Crippen molar-refractivity contribution in [3.8, 4) is 0 Å². The van der Waals surface area contributed by atoms with Crippen LogP contribution in [0.4, 0.5) is 0 Å². The standard InChI is InChI=1S/C11H16N6O/c1-16-8-14-11(15-16)6-17-7-13-4-9(17)10-5-12-2-3-18-10/h4,7-8,10,12H,2-3,5-6H2,1H3. The molecule has 18 heavy (non-hydrogen) atoms. The first-order valence-corrected chi connectivity index (χ1v) is 6.00. The third-order valence-electron chi connectivity index (χ3n) is 2.96. The summed E-state index contributed by atoms with van der Waals surface area (Å²) in [7, 11) is 1.86. The van der Waals surface area contributed by atoms with Gasteiger partial charge in [-0.15, -0.1) is 0 Å². The van der Waals surface area contributed by atoms with Gasteiger partial charge in [0, 0.05) is 20.1 Å². The normalized spacial score (nSPS) is 20.2. The van der Waals surface area contributed by atoms with Crippen molar-refractivity contribution in [3.63, 3.8) is 0 Å². The number of morpholine rings is 1. The van der Waals surface area contributed by atoms with Crippen LogP contribution in [0.15, 0.2) is 18.9 Å². The van der Waals surface area contributed by atoms with Crippen LogP contribution in [-0.4, -0.2) is 44.0 Å². The Kier molecular flexibility index (Phi) is 3.07. The molecular weight excluding hydrogens is 232 g/mol. The van der Waals surface area contributed by atoms with Gasteiger partial charge in [0.1, 0.15) is 12.4 Å². The Morgan fingerprint density at radius 1 is 1.50 bits per heavy atom. The van der Waals surface area contributed by atoms with Gasteiger partial charge < -0.3 is 14.6 Å². The first-order chi connectivity index (χ1) is 8.83. The molecule has 0 spiro atoms. The van der Waals surface area contributed by atoms with Gasteiger partial charge in [0.2, 0.25) is 0 Å². The highest BCUT2D eigenvalue weighted by Crippen LogP contribution is 2.18. The summed E-state index contributed by atoms with van der Waals surface area (Å²) in [6, 6.07) is 0. The van der Waals surface area contributed by atoms with Crippen molar-refractivity contribution >= 4 is 0 Å². The number of nitrogens with one attached hydrogen (secondary N) is 1. The van der Waals surface area contributed by atoms with E-state index in [1.54, 1.807) is 17.3 Å². The molecule has 7 nitrogen and oxygen atoms in total. The van der Waals surface area contributed by atoms with Crippen LogP contribution in [0.2, 0.25) is 0 Å². The van der Waals surface area contributed by atoms with Crippen molar-refractivity contribution in [2.24, 2.45) is 7.05 Å². The number of ether oxygens (including phenoxy) is 1. The number of rotatable bonds is 3. The second-order valence-electron chi connectivity index (χ2n) is 4.34. The Balaban J connectivity index is 1.78. The second-order valence-corrected chi connectivity index (χ2v) is 4.34. The molecule has 0 saturated carbocycles. The van der Waals surface area contributed by atoms with Crippen LogP contribution in [0.5, 0.6) is 0 Å². The predicted molar refractivity (Wildman–Crippen MR) is 63.9 cm³/mol. The summed E-state index contributed by atoms with van der Waals surface area (Å²) in [5.74, 6) is 0.778. The lowest BCUT2D eigenvalue weighted by molar-refractivity contribution is 0.0229. The Labute approximate surface area is 105 Å². The molecule has 0 bridgehead atoms. The van der Waals surface area contributed by atoms with E-state index in [9.17, 15) is 0 Å². The molecule has 0 aliphatic carbocycles. The minimum absolute atomic E-state index is 0.0602. The Morgan fingerprint density at radius 3 is 3.17 bits per heavy atom. The van der Waals surface area contributed by atoms with Gasteiger partial charge >= 0.3 is 0 Å². The molecule has 2 aromatic heterocycles. The third-order valence-corrected chi connectivity index (χ3v) is 2.96. The molecule has 7 heteroatoms. The van der Waals surface area contributed by atoms with Crippen LogP contribution in [-0.2, 0) is 18.3 Å². The van der Waals surface area contributed by atoms with Crippen LogP contribution in [0.1, 0.15) is 17.6 Å². The van der Waals surface area contributed by atoms with Gasteiger partial charge in [0.25, 0.3) is 0 Å². The van der Waals surface area contributed by atoms with E-state index < -0.39 is 0 Å². The Bertz CT molecular complexity index is 513. The number of hydrogen-bond acceptors (Lipinski definition) is 5. The lowest BCUT2D eigenvalue weighted by Gasteiger charge is -2.24. The monoisotopic (exact) mass is 248 g/mol. The minimum atomic E-state index is 0.0602. The first kappa shape index (κ1) is 11.4.